The summed E-state index contributed by atoms with van der Waals surface area (Å²) >= 11 is 0. The van der Waals surface area contributed by atoms with Gasteiger partial charge >= 0.3 is 0 Å². The zero-order chi connectivity index (χ0) is 14.5. The molecule has 1 fully saturated rings. The van der Waals surface area contributed by atoms with E-state index in [-0.39, 0.29) is 23.3 Å². The summed E-state index contributed by atoms with van der Waals surface area (Å²) in [6, 6.07) is 3.62. The molecule has 1 unspecified atom stereocenters. The third-order valence-electron chi connectivity index (χ3n) is 4.18. The van der Waals surface area contributed by atoms with Crippen LogP contribution in [0.1, 0.15) is 55.8 Å². The Morgan fingerprint density at radius 2 is 2.10 bits per heavy atom. The Morgan fingerprint density at radius 1 is 1.40 bits per heavy atom. The number of carbonyl (C=O) groups excluding carboxylic acids is 1. The van der Waals surface area contributed by atoms with E-state index in [2.05, 4.69) is 12.2 Å². The fraction of sp³-hybridized carbons (Fsp3) is 0.562. The first-order chi connectivity index (χ1) is 9.61. The monoisotopic (exact) mass is 279 g/mol. The zero-order valence-electron chi connectivity index (χ0n) is 11.9. The molecule has 0 bridgehead atoms. The average Bonchev–Trinajstić information content (AvgIpc) is 2.45. The van der Waals surface area contributed by atoms with Crippen LogP contribution in [-0.4, -0.2) is 17.1 Å². The minimum absolute atomic E-state index is 0.132. The van der Waals surface area contributed by atoms with Crippen LogP contribution in [0.3, 0.4) is 0 Å². The van der Waals surface area contributed by atoms with E-state index in [4.69, 9.17) is 0 Å². The van der Waals surface area contributed by atoms with Crippen LogP contribution in [0.25, 0.3) is 0 Å². The van der Waals surface area contributed by atoms with Gasteiger partial charge in [0.15, 0.2) is 0 Å². The Bertz CT molecular complexity index is 470. The molecule has 110 valence electrons. The van der Waals surface area contributed by atoms with Crippen LogP contribution in [-0.2, 0) is 0 Å². The summed E-state index contributed by atoms with van der Waals surface area (Å²) in [5.74, 6) is -0.653. The highest BCUT2D eigenvalue weighted by molar-refractivity contribution is 5.96. The molecule has 1 amide bonds. The maximum absolute atomic E-state index is 12.9. The number of hydrogen-bond donors (Lipinski definition) is 2. The van der Waals surface area contributed by atoms with Crippen LogP contribution in [0, 0.1) is 11.7 Å². The largest absolute Gasteiger partial charge is 0.507 e. The summed E-state index contributed by atoms with van der Waals surface area (Å²) in [5, 5.41) is 12.6. The third kappa shape index (κ3) is 3.50. The number of benzene rings is 1. The van der Waals surface area contributed by atoms with Gasteiger partial charge in [-0.05, 0) is 37.3 Å². The van der Waals surface area contributed by atoms with Crippen molar-refractivity contribution in [2.24, 2.45) is 5.92 Å². The number of aromatic hydroxyl groups is 1. The van der Waals surface area contributed by atoms with Crippen molar-refractivity contribution < 1.29 is 14.3 Å². The van der Waals surface area contributed by atoms with Crippen molar-refractivity contribution in [3.63, 3.8) is 0 Å². The van der Waals surface area contributed by atoms with Gasteiger partial charge in [0.2, 0.25) is 0 Å². The summed E-state index contributed by atoms with van der Waals surface area (Å²) in [6.07, 6.45) is 6.89. The fourth-order valence-electron chi connectivity index (χ4n) is 3.03. The molecule has 0 heterocycles. The Kier molecular flexibility index (Phi) is 4.99. The second-order valence-electron chi connectivity index (χ2n) is 5.55. The summed E-state index contributed by atoms with van der Waals surface area (Å²) in [5.41, 5.74) is 0.139. The number of phenols is 1. The number of phenolic OH excluding ortho intramolecular Hbond substituents is 1. The fourth-order valence-corrected chi connectivity index (χ4v) is 3.03. The van der Waals surface area contributed by atoms with Crippen LogP contribution >= 0.6 is 0 Å². The van der Waals surface area contributed by atoms with Gasteiger partial charge in [-0.15, -0.1) is 0 Å². The summed E-state index contributed by atoms with van der Waals surface area (Å²) in [7, 11) is 0. The molecule has 1 aliphatic rings. The number of carbonyl (C=O) groups is 1. The number of hydrogen-bond acceptors (Lipinski definition) is 2. The summed E-state index contributed by atoms with van der Waals surface area (Å²) in [4.78, 5) is 12.2. The molecule has 0 saturated heterocycles. The molecule has 1 aromatic rings. The number of rotatable bonds is 4. The van der Waals surface area contributed by atoms with Gasteiger partial charge in [-0.3, -0.25) is 4.79 Å². The third-order valence-corrected chi connectivity index (χ3v) is 4.18. The Balaban J connectivity index is 2.04. The van der Waals surface area contributed by atoms with Crippen molar-refractivity contribution in [3.05, 3.63) is 29.6 Å². The van der Waals surface area contributed by atoms with Crippen LogP contribution in [0.15, 0.2) is 18.2 Å². The normalized spacial score (nSPS) is 17.7. The van der Waals surface area contributed by atoms with Gasteiger partial charge < -0.3 is 10.4 Å². The van der Waals surface area contributed by atoms with Crippen molar-refractivity contribution in [1.82, 2.24) is 5.32 Å². The molecule has 0 radical (unpaired) electrons. The Hall–Kier alpha value is -1.58. The first-order valence-electron chi connectivity index (χ1n) is 7.41. The van der Waals surface area contributed by atoms with Crippen LogP contribution in [0.4, 0.5) is 4.39 Å². The highest BCUT2D eigenvalue weighted by atomic mass is 19.1. The van der Waals surface area contributed by atoms with Crippen LogP contribution in [0.5, 0.6) is 5.75 Å². The van der Waals surface area contributed by atoms with E-state index in [0.717, 1.165) is 25.3 Å². The standard InChI is InChI=1S/C16H22FNO2/c1-2-14(11-6-4-3-5-7-11)18-16(20)13-9-8-12(17)10-15(13)19/h8-11,14,19H,2-7H2,1H3,(H,18,20). The van der Waals surface area contributed by atoms with Gasteiger partial charge in [0, 0.05) is 12.1 Å². The minimum atomic E-state index is -0.543. The number of amides is 1. The maximum Gasteiger partial charge on any atom is 0.255 e. The van der Waals surface area contributed by atoms with Crippen molar-refractivity contribution in [2.45, 2.75) is 51.5 Å². The van der Waals surface area contributed by atoms with E-state index in [1.54, 1.807) is 0 Å². The lowest BCUT2D eigenvalue weighted by atomic mass is 9.83. The van der Waals surface area contributed by atoms with E-state index >= 15 is 0 Å². The number of halogens is 1. The lowest BCUT2D eigenvalue weighted by Crippen LogP contribution is -2.40. The van der Waals surface area contributed by atoms with E-state index in [1.165, 1.54) is 31.4 Å². The van der Waals surface area contributed by atoms with Gasteiger partial charge in [0.25, 0.3) is 5.91 Å². The quantitative estimate of drug-likeness (QED) is 0.884. The van der Waals surface area contributed by atoms with E-state index < -0.39 is 5.82 Å². The molecular weight excluding hydrogens is 257 g/mol. The van der Waals surface area contributed by atoms with Crippen LogP contribution < -0.4 is 5.32 Å². The summed E-state index contributed by atoms with van der Waals surface area (Å²) < 4.78 is 12.9. The molecule has 4 heteroatoms. The minimum Gasteiger partial charge on any atom is -0.507 e. The number of nitrogens with one attached hydrogen (secondary N) is 1. The predicted molar refractivity (Wildman–Crippen MR) is 76.2 cm³/mol. The molecule has 1 aliphatic carbocycles. The molecule has 1 atom stereocenters. The molecule has 1 aromatic carbocycles. The molecule has 3 nitrogen and oxygen atoms in total. The van der Waals surface area contributed by atoms with Gasteiger partial charge in [-0.25, -0.2) is 4.39 Å². The highest BCUT2D eigenvalue weighted by Crippen LogP contribution is 2.28. The van der Waals surface area contributed by atoms with Gasteiger partial charge in [0.1, 0.15) is 11.6 Å². The highest BCUT2D eigenvalue weighted by Gasteiger charge is 2.24. The van der Waals surface area contributed by atoms with E-state index in [9.17, 15) is 14.3 Å². The van der Waals surface area contributed by atoms with Crippen LogP contribution in [0.2, 0.25) is 0 Å². The lowest BCUT2D eigenvalue weighted by molar-refractivity contribution is 0.0908. The van der Waals surface area contributed by atoms with Crippen molar-refractivity contribution >= 4 is 5.91 Å². The van der Waals surface area contributed by atoms with Gasteiger partial charge in [-0.1, -0.05) is 26.2 Å². The van der Waals surface area contributed by atoms with Crippen molar-refractivity contribution in [3.8, 4) is 5.75 Å². The molecule has 2 N–H and O–H groups in total. The van der Waals surface area contributed by atoms with E-state index in [0.29, 0.717) is 5.92 Å². The Labute approximate surface area is 119 Å². The second kappa shape index (κ2) is 6.73. The first kappa shape index (κ1) is 14.8. The molecule has 0 aliphatic heterocycles. The van der Waals surface area contributed by atoms with Crippen molar-refractivity contribution in [1.29, 1.82) is 0 Å². The predicted octanol–water partition coefficient (Wildman–Crippen LogP) is 3.62. The van der Waals surface area contributed by atoms with E-state index in [1.807, 2.05) is 0 Å². The van der Waals surface area contributed by atoms with Crippen molar-refractivity contribution in [2.75, 3.05) is 0 Å². The Morgan fingerprint density at radius 3 is 2.70 bits per heavy atom. The van der Waals surface area contributed by atoms with Gasteiger partial charge in [0.05, 0.1) is 5.56 Å². The SMILES string of the molecule is CCC(NC(=O)c1ccc(F)cc1O)C1CCCCC1. The summed E-state index contributed by atoms with van der Waals surface area (Å²) in [6.45, 7) is 2.06. The maximum atomic E-state index is 12.9. The molecular formula is C16H22FNO2. The molecule has 20 heavy (non-hydrogen) atoms. The topological polar surface area (TPSA) is 49.3 Å². The lowest BCUT2D eigenvalue weighted by Gasteiger charge is -2.30. The smallest absolute Gasteiger partial charge is 0.255 e. The molecule has 1 saturated carbocycles. The molecule has 0 aromatic heterocycles. The van der Waals surface area contributed by atoms with Gasteiger partial charge in [-0.2, -0.15) is 0 Å². The second-order valence-corrected chi connectivity index (χ2v) is 5.55. The molecule has 0 spiro atoms. The molecule has 2 rings (SSSR count). The first-order valence-corrected chi connectivity index (χ1v) is 7.41. The average molecular weight is 279 g/mol. The zero-order valence-corrected chi connectivity index (χ0v) is 11.9.